The molecule has 1 aromatic rings. The van der Waals surface area contributed by atoms with Crippen molar-refractivity contribution >= 4 is 5.69 Å². The van der Waals surface area contributed by atoms with E-state index in [1.807, 2.05) is 0 Å². The summed E-state index contributed by atoms with van der Waals surface area (Å²) >= 11 is 0. The largest absolute Gasteiger partial charge is 0.378 e. The van der Waals surface area contributed by atoms with Crippen LogP contribution in [0.1, 0.15) is 26.2 Å². The highest BCUT2D eigenvalue weighted by molar-refractivity contribution is 5.46. The second kappa shape index (κ2) is 4.71. The molecule has 2 atom stereocenters. The van der Waals surface area contributed by atoms with Crippen LogP contribution in [0.15, 0.2) is 12.1 Å². The second-order valence-electron chi connectivity index (χ2n) is 5.60. The Balaban J connectivity index is 1.72. The first kappa shape index (κ1) is 12.8. The highest BCUT2D eigenvalue weighted by Gasteiger charge is 2.38. The first-order chi connectivity index (χ1) is 9.04. The molecule has 2 fully saturated rings. The van der Waals surface area contributed by atoms with Gasteiger partial charge in [0.25, 0.3) is 0 Å². The summed E-state index contributed by atoms with van der Waals surface area (Å²) in [4.78, 5) is 2.39. The molecule has 0 spiro atoms. The lowest BCUT2D eigenvalue weighted by molar-refractivity contribution is 0.257. The van der Waals surface area contributed by atoms with Crippen LogP contribution in [-0.2, 0) is 0 Å². The number of anilines is 1. The number of hydrogen-bond acceptors (Lipinski definition) is 2. The predicted octanol–water partition coefficient (Wildman–Crippen LogP) is 3.14. The van der Waals surface area contributed by atoms with Crippen LogP contribution in [0.25, 0.3) is 0 Å². The maximum atomic E-state index is 13.6. The van der Waals surface area contributed by atoms with E-state index in [1.165, 1.54) is 12.8 Å². The average molecular weight is 270 g/mol. The van der Waals surface area contributed by atoms with Crippen molar-refractivity contribution in [2.45, 2.75) is 44.3 Å². The summed E-state index contributed by atoms with van der Waals surface area (Å²) in [5.41, 5.74) is -0.0765. The van der Waals surface area contributed by atoms with Gasteiger partial charge in [0, 0.05) is 36.8 Å². The van der Waals surface area contributed by atoms with Crippen LogP contribution in [-0.4, -0.2) is 29.6 Å². The molecule has 1 aliphatic heterocycles. The van der Waals surface area contributed by atoms with Crippen molar-refractivity contribution in [1.29, 1.82) is 0 Å². The van der Waals surface area contributed by atoms with Gasteiger partial charge in [0.15, 0.2) is 11.6 Å². The molecule has 1 aliphatic carbocycles. The Kier molecular flexibility index (Phi) is 3.17. The predicted molar refractivity (Wildman–Crippen MR) is 67.5 cm³/mol. The first-order valence-electron chi connectivity index (χ1n) is 6.71. The molecule has 0 radical (unpaired) electrons. The summed E-state index contributed by atoms with van der Waals surface area (Å²) in [6, 6.07) is 2.71. The third-order valence-electron chi connectivity index (χ3n) is 3.99. The number of halogens is 3. The molecule has 1 aromatic carbocycles. The molecule has 0 amide bonds. The quantitative estimate of drug-likeness (QED) is 0.849. The SMILES string of the molecule is CC1CC(Nc2cc(F)cc(F)c2F)CN1C1CC1. The molecule has 1 saturated carbocycles. The third-order valence-corrected chi connectivity index (χ3v) is 3.99. The van der Waals surface area contributed by atoms with E-state index in [4.69, 9.17) is 0 Å². The van der Waals surface area contributed by atoms with Crippen LogP contribution in [0.5, 0.6) is 0 Å². The summed E-state index contributed by atoms with van der Waals surface area (Å²) in [5.74, 6) is -2.90. The Morgan fingerprint density at radius 2 is 1.95 bits per heavy atom. The van der Waals surface area contributed by atoms with Crippen LogP contribution in [0.4, 0.5) is 18.9 Å². The van der Waals surface area contributed by atoms with Crippen LogP contribution in [0.2, 0.25) is 0 Å². The van der Waals surface area contributed by atoms with E-state index < -0.39 is 17.5 Å². The van der Waals surface area contributed by atoms with Crippen LogP contribution >= 0.6 is 0 Å². The van der Waals surface area contributed by atoms with Gasteiger partial charge in [-0.25, -0.2) is 13.2 Å². The van der Waals surface area contributed by atoms with Crippen LogP contribution in [0, 0.1) is 17.5 Å². The van der Waals surface area contributed by atoms with Crippen molar-refractivity contribution in [3.05, 3.63) is 29.6 Å². The summed E-state index contributed by atoms with van der Waals surface area (Å²) in [5, 5.41) is 2.94. The Bertz CT molecular complexity index is 488. The Morgan fingerprint density at radius 1 is 1.21 bits per heavy atom. The fourth-order valence-electron chi connectivity index (χ4n) is 2.96. The van der Waals surface area contributed by atoms with E-state index in [-0.39, 0.29) is 11.7 Å². The van der Waals surface area contributed by atoms with Gasteiger partial charge in [0.2, 0.25) is 0 Å². The number of likely N-dealkylation sites (tertiary alicyclic amines) is 1. The minimum atomic E-state index is -1.15. The molecule has 2 aliphatic rings. The van der Waals surface area contributed by atoms with Crippen molar-refractivity contribution in [2.75, 3.05) is 11.9 Å². The van der Waals surface area contributed by atoms with Gasteiger partial charge in [0.05, 0.1) is 5.69 Å². The maximum absolute atomic E-state index is 13.6. The number of hydrogen-bond donors (Lipinski definition) is 1. The summed E-state index contributed by atoms with van der Waals surface area (Å²) in [6.45, 7) is 2.95. The van der Waals surface area contributed by atoms with Gasteiger partial charge in [-0.1, -0.05) is 0 Å². The van der Waals surface area contributed by atoms with Crippen molar-refractivity contribution in [3.8, 4) is 0 Å². The molecule has 3 rings (SSSR count). The summed E-state index contributed by atoms with van der Waals surface area (Å²) in [6.07, 6.45) is 3.31. The number of nitrogens with one attached hydrogen (secondary N) is 1. The lowest BCUT2D eigenvalue weighted by Gasteiger charge is -2.20. The van der Waals surface area contributed by atoms with Gasteiger partial charge >= 0.3 is 0 Å². The van der Waals surface area contributed by atoms with Crippen molar-refractivity contribution in [3.63, 3.8) is 0 Å². The van der Waals surface area contributed by atoms with Gasteiger partial charge in [-0.2, -0.15) is 0 Å². The van der Waals surface area contributed by atoms with Crippen LogP contribution in [0.3, 0.4) is 0 Å². The van der Waals surface area contributed by atoms with Gasteiger partial charge < -0.3 is 5.32 Å². The van der Waals surface area contributed by atoms with E-state index in [0.717, 1.165) is 19.0 Å². The fourth-order valence-corrected chi connectivity index (χ4v) is 2.96. The highest BCUT2D eigenvalue weighted by atomic mass is 19.2. The standard InChI is InChI=1S/C14H17F3N2/c1-8-4-10(7-19(8)11-2-3-11)18-13-6-9(15)5-12(16)14(13)17/h5-6,8,10-11,18H,2-4,7H2,1H3. The zero-order chi connectivity index (χ0) is 13.6. The zero-order valence-corrected chi connectivity index (χ0v) is 10.8. The average Bonchev–Trinajstić information content (AvgIpc) is 3.11. The van der Waals surface area contributed by atoms with Crippen molar-refractivity contribution in [2.24, 2.45) is 0 Å². The number of nitrogens with zero attached hydrogens (tertiary/aromatic N) is 1. The smallest absolute Gasteiger partial charge is 0.182 e. The first-order valence-corrected chi connectivity index (χ1v) is 6.71. The molecule has 0 bridgehead atoms. The van der Waals surface area contributed by atoms with Gasteiger partial charge in [-0.3, -0.25) is 4.90 Å². The zero-order valence-electron chi connectivity index (χ0n) is 10.8. The third kappa shape index (κ3) is 2.56. The molecule has 19 heavy (non-hydrogen) atoms. The van der Waals surface area contributed by atoms with Gasteiger partial charge in [-0.05, 0) is 26.2 Å². The Morgan fingerprint density at radius 3 is 2.63 bits per heavy atom. The lowest BCUT2D eigenvalue weighted by Crippen LogP contribution is -2.31. The molecular weight excluding hydrogens is 253 g/mol. The molecule has 1 saturated heterocycles. The Labute approximate surface area is 110 Å². The number of rotatable bonds is 3. The molecule has 2 nitrogen and oxygen atoms in total. The van der Waals surface area contributed by atoms with Crippen molar-refractivity contribution < 1.29 is 13.2 Å². The molecule has 1 heterocycles. The van der Waals surface area contributed by atoms with Gasteiger partial charge in [0.1, 0.15) is 5.82 Å². The molecule has 0 aromatic heterocycles. The molecule has 5 heteroatoms. The topological polar surface area (TPSA) is 15.3 Å². The van der Waals surface area contributed by atoms with Gasteiger partial charge in [-0.15, -0.1) is 0 Å². The van der Waals surface area contributed by atoms with Crippen molar-refractivity contribution in [1.82, 2.24) is 4.90 Å². The minimum absolute atomic E-state index is 0.0475. The number of benzene rings is 1. The van der Waals surface area contributed by atoms with E-state index in [2.05, 4.69) is 17.1 Å². The van der Waals surface area contributed by atoms with Crippen LogP contribution < -0.4 is 5.32 Å². The molecule has 1 N–H and O–H groups in total. The van der Waals surface area contributed by atoms with E-state index in [9.17, 15) is 13.2 Å². The molecule has 104 valence electrons. The molecular formula is C14H17F3N2. The lowest BCUT2D eigenvalue weighted by atomic mass is 10.1. The fraction of sp³-hybridized carbons (Fsp3) is 0.571. The Hall–Kier alpha value is -1.23. The molecule has 2 unspecified atom stereocenters. The highest BCUT2D eigenvalue weighted by Crippen LogP contribution is 2.34. The summed E-state index contributed by atoms with van der Waals surface area (Å²) in [7, 11) is 0. The monoisotopic (exact) mass is 270 g/mol. The van der Waals surface area contributed by atoms with E-state index in [0.29, 0.717) is 18.2 Å². The normalized spacial score (nSPS) is 27.8. The maximum Gasteiger partial charge on any atom is 0.182 e. The second-order valence-corrected chi connectivity index (χ2v) is 5.60. The van der Waals surface area contributed by atoms with E-state index in [1.54, 1.807) is 0 Å². The van der Waals surface area contributed by atoms with E-state index >= 15 is 0 Å². The summed E-state index contributed by atoms with van der Waals surface area (Å²) < 4.78 is 39.8. The minimum Gasteiger partial charge on any atom is -0.378 e.